The topological polar surface area (TPSA) is 52.6 Å². The Bertz CT molecular complexity index is 750. The lowest BCUT2D eigenvalue weighted by Crippen LogP contribution is -2.10. The number of hydrogen-bond acceptors (Lipinski definition) is 4. The van der Waals surface area contributed by atoms with Gasteiger partial charge in [-0.25, -0.2) is 4.39 Å². The predicted molar refractivity (Wildman–Crippen MR) is 87.7 cm³/mol. The van der Waals surface area contributed by atoms with Crippen molar-refractivity contribution in [1.82, 2.24) is 0 Å². The van der Waals surface area contributed by atoms with Crippen LogP contribution in [0, 0.1) is 5.82 Å². The van der Waals surface area contributed by atoms with Crippen molar-refractivity contribution in [1.29, 1.82) is 0 Å². The third-order valence-corrected chi connectivity index (χ3v) is 3.11. The van der Waals surface area contributed by atoms with Gasteiger partial charge in [0.1, 0.15) is 17.7 Å². The van der Waals surface area contributed by atoms with E-state index in [1.54, 1.807) is 48.6 Å². The Morgan fingerprint density at radius 2 is 1.67 bits per heavy atom. The molecule has 0 heterocycles. The van der Waals surface area contributed by atoms with Crippen molar-refractivity contribution in [2.45, 2.75) is 20.0 Å². The monoisotopic (exact) mass is 328 g/mol. The maximum Gasteiger partial charge on any atom is 0.308 e. The molecule has 0 aromatic heterocycles. The summed E-state index contributed by atoms with van der Waals surface area (Å²) in [6.45, 7) is 2.60. The Morgan fingerprint density at radius 1 is 1.00 bits per heavy atom. The zero-order valence-corrected chi connectivity index (χ0v) is 13.4. The van der Waals surface area contributed by atoms with Gasteiger partial charge in [0.15, 0.2) is 0 Å². The average molecular weight is 328 g/mol. The van der Waals surface area contributed by atoms with Gasteiger partial charge >= 0.3 is 11.9 Å². The number of carbonyl (C=O) groups excluding carboxylic acids is 2. The minimum Gasteiger partial charge on any atom is -0.453 e. The number of rotatable bonds is 5. The third kappa shape index (κ3) is 5.05. The Balaban J connectivity index is 2.33. The van der Waals surface area contributed by atoms with E-state index in [4.69, 9.17) is 9.47 Å². The van der Waals surface area contributed by atoms with Crippen LogP contribution in [0.1, 0.15) is 31.1 Å². The van der Waals surface area contributed by atoms with Crippen LogP contribution in [0.15, 0.2) is 54.6 Å². The van der Waals surface area contributed by atoms with Crippen LogP contribution in [0.5, 0.6) is 5.75 Å². The summed E-state index contributed by atoms with van der Waals surface area (Å²) in [5.41, 5.74) is 1.29. The molecular weight excluding hydrogens is 311 g/mol. The predicted octanol–water partition coefficient (Wildman–Crippen LogP) is 4.07. The average Bonchev–Trinajstić information content (AvgIpc) is 2.53. The van der Waals surface area contributed by atoms with Crippen LogP contribution in [-0.2, 0) is 14.3 Å². The molecule has 0 bridgehead atoms. The summed E-state index contributed by atoms with van der Waals surface area (Å²) < 4.78 is 23.4. The van der Waals surface area contributed by atoms with Gasteiger partial charge in [-0.05, 0) is 29.8 Å². The van der Waals surface area contributed by atoms with Crippen molar-refractivity contribution in [2.24, 2.45) is 0 Å². The highest BCUT2D eigenvalue weighted by Gasteiger charge is 2.17. The lowest BCUT2D eigenvalue weighted by molar-refractivity contribution is -0.144. The molecule has 5 heteroatoms. The minimum atomic E-state index is -0.733. The summed E-state index contributed by atoms with van der Waals surface area (Å²) in [5, 5.41) is 0. The summed E-state index contributed by atoms with van der Waals surface area (Å²) in [6.07, 6.45) is 2.62. The van der Waals surface area contributed by atoms with Crippen molar-refractivity contribution in [3.8, 4) is 5.75 Å². The largest absolute Gasteiger partial charge is 0.453 e. The number of hydrogen-bond donors (Lipinski definition) is 0. The van der Waals surface area contributed by atoms with Gasteiger partial charge in [-0.15, -0.1) is 0 Å². The summed E-state index contributed by atoms with van der Waals surface area (Å²) in [6, 6.07) is 12.7. The fourth-order valence-electron chi connectivity index (χ4n) is 2.12. The summed E-state index contributed by atoms with van der Waals surface area (Å²) in [7, 11) is 0. The number of benzene rings is 2. The van der Waals surface area contributed by atoms with Crippen molar-refractivity contribution in [2.75, 3.05) is 0 Å². The molecular formula is C19H17FO4. The van der Waals surface area contributed by atoms with E-state index in [1.165, 1.54) is 26.0 Å². The molecule has 24 heavy (non-hydrogen) atoms. The van der Waals surface area contributed by atoms with E-state index in [0.717, 1.165) is 5.56 Å². The lowest BCUT2D eigenvalue weighted by Gasteiger charge is -2.16. The molecule has 2 aromatic carbocycles. The van der Waals surface area contributed by atoms with Crippen LogP contribution >= 0.6 is 0 Å². The molecule has 0 fully saturated rings. The molecule has 0 radical (unpaired) electrons. The molecule has 0 aliphatic rings. The fraction of sp³-hybridized carbons (Fsp3) is 0.158. The summed E-state index contributed by atoms with van der Waals surface area (Å²) in [5.74, 6) is -0.947. The Hall–Kier alpha value is -2.95. The molecule has 0 saturated heterocycles. The molecule has 2 rings (SSSR count). The second-order valence-electron chi connectivity index (χ2n) is 5.07. The lowest BCUT2D eigenvalue weighted by atomic mass is 10.1. The highest BCUT2D eigenvalue weighted by molar-refractivity contribution is 5.70. The Labute approximate surface area is 139 Å². The van der Waals surface area contributed by atoms with E-state index >= 15 is 0 Å². The van der Waals surface area contributed by atoms with Crippen molar-refractivity contribution in [3.05, 3.63) is 71.6 Å². The van der Waals surface area contributed by atoms with Gasteiger partial charge in [-0.1, -0.05) is 36.4 Å². The first-order valence-electron chi connectivity index (χ1n) is 7.34. The highest BCUT2D eigenvalue weighted by atomic mass is 19.1. The summed E-state index contributed by atoms with van der Waals surface area (Å²) >= 11 is 0. The molecule has 0 aliphatic carbocycles. The van der Waals surface area contributed by atoms with Crippen LogP contribution in [0.3, 0.4) is 0 Å². The molecule has 2 aromatic rings. The second kappa shape index (κ2) is 8.06. The standard InChI is InChI=1S/C19H17FO4/c1-13(21)23-18-6-4-3-5-17(18)19(24-14(2)22)12-9-15-7-10-16(20)11-8-15/h3-12,19H,1-2H3. The first-order chi connectivity index (χ1) is 11.5. The maximum absolute atomic E-state index is 13.0. The van der Waals surface area contributed by atoms with Crippen LogP contribution in [0.25, 0.3) is 6.08 Å². The molecule has 0 amide bonds. The van der Waals surface area contributed by atoms with Crippen molar-refractivity contribution in [3.63, 3.8) is 0 Å². The SMILES string of the molecule is CC(=O)Oc1ccccc1C(C=Cc1ccc(F)cc1)OC(C)=O. The zero-order chi connectivity index (χ0) is 17.5. The van der Waals surface area contributed by atoms with Gasteiger partial charge in [0.05, 0.1) is 0 Å². The maximum atomic E-state index is 13.0. The number of halogens is 1. The zero-order valence-electron chi connectivity index (χ0n) is 13.4. The van der Waals surface area contributed by atoms with E-state index in [1.807, 2.05) is 0 Å². The summed E-state index contributed by atoms with van der Waals surface area (Å²) in [4.78, 5) is 22.6. The third-order valence-electron chi connectivity index (χ3n) is 3.11. The number of para-hydroxylation sites is 1. The first kappa shape index (κ1) is 17.4. The van der Waals surface area contributed by atoms with E-state index in [2.05, 4.69) is 0 Å². The first-order valence-corrected chi connectivity index (χ1v) is 7.34. The number of esters is 2. The number of ether oxygens (including phenoxy) is 2. The Morgan fingerprint density at radius 3 is 2.29 bits per heavy atom. The van der Waals surface area contributed by atoms with Crippen LogP contribution in [-0.4, -0.2) is 11.9 Å². The van der Waals surface area contributed by atoms with Gasteiger partial charge < -0.3 is 9.47 Å². The van der Waals surface area contributed by atoms with Crippen molar-refractivity contribution < 1.29 is 23.5 Å². The fourth-order valence-corrected chi connectivity index (χ4v) is 2.12. The quantitative estimate of drug-likeness (QED) is 0.613. The van der Waals surface area contributed by atoms with E-state index in [0.29, 0.717) is 11.3 Å². The molecule has 1 unspecified atom stereocenters. The Kier molecular flexibility index (Phi) is 5.84. The highest BCUT2D eigenvalue weighted by Crippen LogP contribution is 2.29. The van der Waals surface area contributed by atoms with E-state index in [9.17, 15) is 14.0 Å². The van der Waals surface area contributed by atoms with Gasteiger partial charge in [0, 0.05) is 19.4 Å². The van der Waals surface area contributed by atoms with Crippen LogP contribution in [0.2, 0.25) is 0 Å². The number of carbonyl (C=O) groups is 2. The molecule has 124 valence electrons. The minimum absolute atomic E-state index is 0.319. The smallest absolute Gasteiger partial charge is 0.308 e. The van der Waals surface area contributed by atoms with Gasteiger partial charge in [-0.2, -0.15) is 0 Å². The van der Waals surface area contributed by atoms with Gasteiger partial charge in [0.25, 0.3) is 0 Å². The molecule has 1 atom stereocenters. The normalized spacial score (nSPS) is 12.0. The molecule has 0 N–H and O–H groups in total. The molecule has 0 spiro atoms. The second-order valence-corrected chi connectivity index (χ2v) is 5.07. The van der Waals surface area contributed by atoms with Crippen molar-refractivity contribution >= 4 is 18.0 Å². The van der Waals surface area contributed by atoms with Gasteiger partial charge in [-0.3, -0.25) is 9.59 Å². The molecule has 0 aliphatic heterocycles. The molecule has 0 saturated carbocycles. The van der Waals surface area contributed by atoms with Gasteiger partial charge in [0.2, 0.25) is 0 Å². The van der Waals surface area contributed by atoms with Crippen LogP contribution < -0.4 is 4.74 Å². The van der Waals surface area contributed by atoms with E-state index in [-0.39, 0.29) is 5.82 Å². The van der Waals surface area contributed by atoms with E-state index < -0.39 is 18.0 Å². The van der Waals surface area contributed by atoms with Crippen LogP contribution in [0.4, 0.5) is 4.39 Å². The molecule has 4 nitrogen and oxygen atoms in total.